The van der Waals surface area contributed by atoms with Crippen molar-refractivity contribution < 1.29 is 0 Å². The Bertz CT molecular complexity index is 358. The molecule has 1 aliphatic heterocycles. The molecule has 0 bridgehead atoms. The van der Waals surface area contributed by atoms with Crippen molar-refractivity contribution in [1.29, 1.82) is 0 Å². The molecule has 3 heteroatoms. The van der Waals surface area contributed by atoms with Gasteiger partial charge in [0.2, 0.25) is 0 Å². The Morgan fingerprint density at radius 3 is 1.74 bits per heavy atom. The zero-order chi connectivity index (χ0) is 21.4. The SMILES string of the molecule is CC(C)CN(CC(C)C)C(C)(C)C.CC(C)NCC1CCN(C)C1C(C)C. The summed E-state index contributed by atoms with van der Waals surface area (Å²) in [5, 5.41) is 3.57. The Kier molecular flexibility index (Phi) is 12.4. The Morgan fingerprint density at radius 1 is 0.926 bits per heavy atom. The third kappa shape index (κ3) is 11.5. The van der Waals surface area contributed by atoms with E-state index in [0.717, 1.165) is 29.7 Å². The van der Waals surface area contributed by atoms with Gasteiger partial charge in [0.05, 0.1) is 0 Å². The van der Waals surface area contributed by atoms with E-state index in [1.807, 2.05) is 0 Å². The smallest absolute Gasteiger partial charge is 0.0156 e. The summed E-state index contributed by atoms with van der Waals surface area (Å²) >= 11 is 0. The lowest BCUT2D eigenvalue weighted by molar-refractivity contribution is 0.105. The summed E-state index contributed by atoms with van der Waals surface area (Å²) in [6.45, 7) is 30.1. The van der Waals surface area contributed by atoms with E-state index in [1.54, 1.807) is 0 Å². The van der Waals surface area contributed by atoms with Crippen LogP contribution in [0.15, 0.2) is 0 Å². The van der Waals surface area contributed by atoms with Crippen LogP contribution in [0, 0.1) is 23.7 Å². The summed E-state index contributed by atoms with van der Waals surface area (Å²) in [5.74, 6) is 3.15. The van der Waals surface area contributed by atoms with Crippen LogP contribution < -0.4 is 5.32 Å². The zero-order valence-corrected chi connectivity index (χ0v) is 20.9. The van der Waals surface area contributed by atoms with Gasteiger partial charge in [-0.1, -0.05) is 55.4 Å². The third-order valence-corrected chi connectivity index (χ3v) is 5.44. The highest BCUT2D eigenvalue weighted by Gasteiger charge is 2.33. The standard InChI is InChI=1S/C12H26N2.C12H27N/c1-9(2)12-11(6-7-14(12)5)8-13-10(3)4;1-10(2)8-13(9-11(3)4)12(5,6)7/h9-13H,6-8H2,1-5H3;10-11H,8-9H2,1-7H3. The van der Waals surface area contributed by atoms with E-state index in [1.165, 1.54) is 32.6 Å². The van der Waals surface area contributed by atoms with Crippen molar-refractivity contribution in [2.75, 3.05) is 33.2 Å². The van der Waals surface area contributed by atoms with Gasteiger partial charge in [-0.3, -0.25) is 4.90 Å². The molecule has 1 rings (SSSR count). The highest BCUT2D eigenvalue weighted by atomic mass is 15.2. The quantitative estimate of drug-likeness (QED) is 0.609. The number of nitrogens with zero attached hydrogens (tertiary/aromatic N) is 2. The van der Waals surface area contributed by atoms with Crippen molar-refractivity contribution >= 4 is 0 Å². The molecule has 0 aromatic carbocycles. The first kappa shape index (κ1) is 26.9. The number of nitrogens with one attached hydrogen (secondary N) is 1. The molecule has 0 spiro atoms. The van der Waals surface area contributed by atoms with Crippen LogP contribution in [0.4, 0.5) is 0 Å². The second kappa shape index (κ2) is 12.4. The first-order valence-electron chi connectivity index (χ1n) is 11.4. The molecular weight excluding hydrogens is 330 g/mol. The monoisotopic (exact) mass is 383 g/mol. The van der Waals surface area contributed by atoms with Gasteiger partial charge in [-0.05, 0) is 71.0 Å². The van der Waals surface area contributed by atoms with E-state index in [-0.39, 0.29) is 0 Å². The van der Waals surface area contributed by atoms with Crippen molar-refractivity contribution in [3.8, 4) is 0 Å². The number of hydrogen-bond acceptors (Lipinski definition) is 3. The molecule has 0 aromatic heterocycles. The molecule has 0 amide bonds. The van der Waals surface area contributed by atoms with E-state index in [4.69, 9.17) is 0 Å². The predicted molar refractivity (Wildman–Crippen MR) is 124 cm³/mol. The lowest BCUT2D eigenvalue weighted by atomic mass is 9.91. The summed E-state index contributed by atoms with van der Waals surface area (Å²) in [5.41, 5.74) is 0.314. The van der Waals surface area contributed by atoms with Gasteiger partial charge in [-0.2, -0.15) is 0 Å². The van der Waals surface area contributed by atoms with Gasteiger partial charge in [0.1, 0.15) is 0 Å². The minimum atomic E-state index is 0.314. The molecule has 1 heterocycles. The van der Waals surface area contributed by atoms with Gasteiger partial charge >= 0.3 is 0 Å². The van der Waals surface area contributed by atoms with Gasteiger partial charge in [-0.15, -0.1) is 0 Å². The molecule has 27 heavy (non-hydrogen) atoms. The van der Waals surface area contributed by atoms with E-state index < -0.39 is 0 Å². The summed E-state index contributed by atoms with van der Waals surface area (Å²) in [6, 6.07) is 1.40. The molecule has 0 radical (unpaired) electrons. The van der Waals surface area contributed by atoms with Crippen LogP contribution in [0.25, 0.3) is 0 Å². The fourth-order valence-corrected chi connectivity index (χ4v) is 4.22. The van der Waals surface area contributed by atoms with Crippen LogP contribution in [-0.4, -0.2) is 60.6 Å². The van der Waals surface area contributed by atoms with E-state index >= 15 is 0 Å². The van der Waals surface area contributed by atoms with Crippen LogP contribution in [0.2, 0.25) is 0 Å². The Hall–Kier alpha value is -0.120. The molecule has 2 atom stereocenters. The van der Waals surface area contributed by atoms with Gasteiger partial charge in [0, 0.05) is 30.7 Å². The first-order chi connectivity index (χ1) is 12.3. The Morgan fingerprint density at radius 2 is 1.41 bits per heavy atom. The van der Waals surface area contributed by atoms with E-state index in [9.17, 15) is 0 Å². The molecule has 0 aromatic rings. The average molecular weight is 384 g/mol. The summed E-state index contributed by atoms with van der Waals surface area (Å²) in [7, 11) is 2.26. The van der Waals surface area contributed by atoms with Crippen molar-refractivity contribution in [2.45, 2.75) is 100 Å². The van der Waals surface area contributed by atoms with Gasteiger partial charge in [-0.25, -0.2) is 0 Å². The molecule has 1 N–H and O–H groups in total. The molecule has 3 nitrogen and oxygen atoms in total. The molecular formula is C24H53N3. The lowest BCUT2D eigenvalue weighted by Crippen LogP contribution is -2.45. The summed E-state index contributed by atoms with van der Waals surface area (Å²) in [6.07, 6.45) is 1.36. The van der Waals surface area contributed by atoms with Crippen molar-refractivity contribution in [3.63, 3.8) is 0 Å². The molecule has 2 unspecified atom stereocenters. The van der Waals surface area contributed by atoms with E-state index in [2.05, 4.69) is 98.3 Å². The summed E-state index contributed by atoms with van der Waals surface area (Å²) in [4.78, 5) is 5.11. The molecule has 164 valence electrons. The Labute approximate surface area is 172 Å². The normalized spacial score (nSPS) is 21.7. The van der Waals surface area contributed by atoms with Crippen molar-refractivity contribution in [2.24, 2.45) is 23.7 Å². The first-order valence-corrected chi connectivity index (χ1v) is 11.4. The second-order valence-corrected chi connectivity index (χ2v) is 11.2. The fourth-order valence-electron chi connectivity index (χ4n) is 4.22. The van der Waals surface area contributed by atoms with Gasteiger partial charge in [0.25, 0.3) is 0 Å². The van der Waals surface area contributed by atoms with Crippen molar-refractivity contribution in [1.82, 2.24) is 15.1 Å². The fraction of sp³-hybridized carbons (Fsp3) is 1.00. The zero-order valence-electron chi connectivity index (χ0n) is 20.9. The lowest BCUT2D eigenvalue weighted by Gasteiger charge is -2.38. The van der Waals surface area contributed by atoms with Crippen LogP contribution in [-0.2, 0) is 0 Å². The molecule has 0 saturated carbocycles. The number of likely N-dealkylation sites (tertiary alicyclic amines) is 1. The van der Waals surface area contributed by atoms with E-state index in [0.29, 0.717) is 11.6 Å². The summed E-state index contributed by atoms with van der Waals surface area (Å²) < 4.78 is 0. The topological polar surface area (TPSA) is 18.5 Å². The highest BCUT2D eigenvalue weighted by molar-refractivity contribution is 4.88. The minimum Gasteiger partial charge on any atom is -0.314 e. The van der Waals surface area contributed by atoms with Gasteiger partial charge < -0.3 is 10.2 Å². The molecule has 1 aliphatic rings. The van der Waals surface area contributed by atoms with Crippen molar-refractivity contribution in [3.05, 3.63) is 0 Å². The van der Waals surface area contributed by atoms with Gasteiger partial charge in [0.15, 0.2) is 0 Å². The number of hydrogen-bond donors (Lipinski definition) is 1. The maximum Gasteiger partial charge on any atom is 0.0156 e. The maximum atomic E-state index is 3.57. The Balaban J connectivity index is 0.000000503. The molecule has 1 fully saturated rings. The van der Waals surface area contributed by atoms with Crippen LogP contribution in [0.3, 0.4) is 0 Å². The van der Waals surface area contributed by atoms with Crippen LogP contribution in [0.1, 0.15) is 82.6 Å². The largest absolute Gasteiger partial charge is 0.314 e. The maximum absolute atomic E-state index is 3.57. The predicted octanol–water partition coefficient (Wildman–Crippen LogP) is 5.36. The second-order valence-electron chi connectivity index (χ2n) is 11.2. The molecule has 0 aliphatic carbocycles. The van der Waals surface area contributed by atoms with Crippen LogP contribution >= 0.6 is 0 Å². The minimum absolute atomic E-state index is 0.314. The van der Waals surface area contributed by atoms with Crippen LogP contribution in [0.5, 0.6) is 0 Å². The third-order valence-electron chi connectivity index (χ3n) is 5.44. The molecule has 1 saturated heterocycles. The average Bonchev–Trinajstić information content (AvgIpc) is 2.84. The number of rotatable bonds is 8. The highest BCUT2D eigenvalue weighted by Crippen LogP contribution is 2.27.